The normalized spacial score (nSPS) is 18.5. The zero-order valence-electron chi connectivity index (χ0n) is 14.6. The number of furan rings is 1. The van der Waals surface area contributed by atoms with Crippen molar-refractivity contribution in [1.29, 1.82) is 0 Å². The van der Waals surface area contributed by atoms with Crippen LogP contribution in [-0.2, 0) is 17.8 Å². The maximum Gasteiger partial charge on any atom is 0.326 e. The average molecular weight is 347 g/mol. The van der Waals surface area contributed by atoms with Crippen molar-refractivity contribution < 1.29 is 19.1 Å². The highest BCUT2D eigenvalue weighted by Crippen LogP contribution is 2.22. The second-order valence-electron chi connectivity index (χ2n) is 6.81. The molecule has 1 atom stereocenters. The Kier molecular flexibility index (Phi) is 4.11. The minimum atomic E-state index is -1.01. The summed E-state index contributed by atoms with van der Waals surface area (Å²) in [5.74, 6) is 1.08. The van der Waals surface area contributed by atoms with E-state index in [2.05, 4.69) is 10.1 Å². The molecule has 2 aromatic rings. The van der Waals surface area contributed by atoms with Gasteiger partial charge in [0.1, 0.15) is 11.9 Å². The average Bonchev–Trinajstić information content (AvgIpc) is 3.21. The standard InChI is InChI=1S/C16H21N5O4/c1-16(2,24)9-21-12(17-13(18-21)11-6-5-7-25-11)8-10-14(22)20(4)15(23)19(10)3/h5-7,10,24H,8-9H2,1-4H3. The van der Waals surface area contributed by atoms with E-state index in [9.17, 15) is 14.7 Å². The largest absolute Gasteiger partial charge is 0.461 e. The van der Waals surface area contributed by atoms with Crippen molar-refractivity contribution in [3.8, 4) is 11.6 Å². The van der Waals surface area contributed by atoms with Crippen LogP contribution in [0.5, 0.6) is 0 Å². The maximum atomic E-state index is 12.3. The number of imide groups is 1. The number of urea groups is 1. The Morgan fingerprint density at radius 2 is 2.04 bits per heavy atom. The predicted molar refractivity (Wildman–Crippen MR) is 87.4 cm³/mol. The van der Waals surface area contributed by atoms with E-state index in [1.165, 1.54) is 18.2 Å². The van der Waals surface area contributed by atoms with Crippen LogP contribution < -0.4 is 0 Å². The fourth-order valence-corrected chi connectivity index (χ4v) is 2.78. The number of carbonyl (C=O) groups excluding carboxylic acids is 2. The Bertz CT molecular complexity index is 790. The van der Waals surface area contributed by atoms with Gasteiger partial charge in [0.15, 0.2) is 5.76 Å². The van der Waals surface area contributed by atoms with Gasteiger partial charge in [0.2, 0.25) is 5.82 Å². The van der Waals surface area contributed by atoms with E-state index in [-0.39, 0.29) is 24.9 Å². The van der Waals surface area contributed by atoms with E-state index in [1.807, 2.05) is 0 Å². The van der Waals surface area contributed by atoms with Crippen molar-refractivity contribution >= 4 is 11.9 Å². The number of carbonyl (C=O) groups is 2. The minimum absolute atomic E-state index is 0.199. The van der Waals surface area contributed by atoms with Crippen LogP contribution in [0.2, 0.25) is 0 Å². The molecule has 0 bridgehead atoms. The third kappa shape index (κ3) is 3.27. The number of hydrogen-bond acceptors (Lipinski definition) is 6. The molecular formula is C16H21N5O4. The lowest BCUT2D eigenvalue weighted by Gasteiger charge is -2.20. The summed E-state index contributed by atoms with van der Waals surface area (Å²) in [4.78, 5) is 31.2. The molecule has 9 nitrogen and oxygen atoms in total. The second-order valence-corrected chi connectivity index (χ2v) is 6.81. The van der Waals surface area contributed by atoms with Crippen molar-refractivity contribution in [3.63, 3.8) is 0 Å². The smallest absolute Gasteiger partial charge is 0.326 e. The molecule has 1 fully saturated rings. The van der Waals surface area contributed by atoms with Crippen molar-refractivity contribution in [2.75, 3.05) is 14.1 Å². The first kappa shape index (κ1) is 17.2. The number of amides is 3. The summed E-state index contributed by atoms with van der Waals surface area (Å²) in [5, 5.41) is 14.5. The first-order chi connectivity index (χ1) is 11.7. The fourth-order valence-electron chi connectivity index (χ4n) is 2.78. The molecule has 0 saturated carbocycles. The number of aromatic nitrogens is 3. The zero-order chi connectivity index (χ0) is 18.4. The van der Waals surface area contributed by atoms with Gasteiger partial charge in [0.05, 0.1) is 18.4 Å². The van der Waals surface area contributed by atoms with Gasteiger partial charge in [-0.3, -0.25) is 9.69 Å². The first-order valence-electron chi connectivity index (χ1n) is 7.92. The molecule has 0 aliphatic carbocycles. The van der Waals surface area contributed by atoms with Crippen LogP contribution in [0.25, 0.3) is 11.6 Å². The molecule has 1 aliphatic heterocycles. The Hall–Kier alpha value is -2.68. The molecule has 2 aromatic heterocycles. The summed E-state index contributed by atoms with van der Waals surface area (Å²) in [6.45, 7) is 3.52. The number of likely N-dealkylation sites (N-methyl/N-ethyl adjacent to an activating group) is 2. The third-order valence-corrected chi connectivity index (χ3v) is 4.07. The zero-order valence-corrected chi connectivity index (χ0v) is 14.6. The van der Waals surface area contributed by atoms with E-state index >= 15 is 0 Å². The fraction of sp³-hybridized carbons (Fsp3) is 0.500. The minimum Gasteiger partial charge on any atom is -0.461 e. The third-order valence-electron chi connectivity index (χ3n) is 4.07. The molecule has 3 heterocycles. The number of hydrogen-bond donors (Lipinski definition) is 1. The molecule has 9 heteroatoms. The highest BCUT2D eigenvalue weighted by atomic mass is 16.3. The Labute approximate surface area is 144 Å². The van der Waals surface area contributed by atoms with Crippen LogP contribution in [-0.4, -0.2) is 67.3 Å². The van der Waals surface area contributed by atoms with Crippen molar-refractivity contribution in [2.45, 2.75) is 38.5 Å². The number of aliphatic hydroxyl groups is 1. The summed E-state index contributed by atoms with van der Waals surface area (Å²) in [6, 6.07) is 2.46. The SMILES string of the molecule is CN1C(=O)C(Cc2nc(-c3ccco3)nn2CC(C)(C)O)N(C)C1=O. The Morgan fingerprint density at radius 1 is 1.32 bits per heavy atom. The lowest BCUT2D eigenvalue weighted by molar-refractivity contribution is -0.127. The molecule has 0 aromatic carbocycles. The molecule has 1 unspecified atom stereocenters. The molecule has 25 heavy (non-hydrogen) atoms. The molecular weight excluding hydrogens is 326 g/mol. The van der Waals surface area contributed by atoms with Crippen LogP contribution in [0.1, 0.15) is 19.7 Å². The van der Waals surface area contributed by atoms with Gasteiger partial charge in [-0.05, 0) is 26.0 Å². The summed E-state index contributed by atoms with van der Waals surface area (Å²) >= 11 is 0. The summed E-state index contributed by atoms with van der Waals surface area (Å²) < 4.78 is 6.88. The molecule has 3 rings (SSSR count). The molecule has 1 saturated heterocycles. The van der Waals surface area contributed by atoms with Gasteiger partial charge < -0.3 is 14.4 Å². The highest BCUT2D eigenvalue weighted by Gasteiger charge is 2.41. The quantitative estimate of drug-likeness (QED) is 0.800. The van der Waals surface area contributed by atoms with Crippen LogP contribution in [0.15, 0.2) is 22.8 Å². The van der Waals surface area contributed by atoms with E-state index < -0.39 is 11.6 Å². The monoisotopic (exact) mass is 347 g/mol. The van der Waals surface area contributed by atoms with Crippen molar-refractivity contribution in [2.24, 2.45) is 0 Å². The summed E-state index contributed by atoms with van der Waals surface area (Å²) in [5.41, 5.74) is -1.01. The summed E-state index contributed by atoms with van der Waals surface area (Å²) in [7, 11) is 3.04. The van der Waals surface area contributed by atoms with Crippen molar-refractivity contribution in [1.82, 2.24) is 24.6 Å². The van der Waals surface area contributed by atoms with Gasteiger partial charge in [0.25, 0.3) is 5.91 Å². The lowest BCUT2D eigenvalue weighted by Crippen LogP contribution is -2.35. The van der Waals surface area contributed by atoms with Gasteiger partial charge in [-0.1, -0.05) is 0 Å². The Balaban J connectivity index is 1.94. The highest BCUT2D eigenvalue weighted by molar-refractivity contribution is 6.03. The molecule has 0 spiro atoms. The molecule has 134 valence electrons. The van der Waals surface area contributed by atoms with Gasteiger partial charge in [-0.15, -0.1) is 5.10 Å². The van der Waals surface area contributed by atoms with E-state index in [4.69, 9.17) is 4.42 Å². The van der Waals surface area contributed by atoms with Crippen LogP contribution in [0.3, 0.4) is 0 Å². The number of nitrogens with zero attached hydrogens (tertiary/aromatic N) is 5. The Morgan fingerprint density at radius 3 is 2.56 bits per heavy atom. The maximum absolute atomic E-state index is 12.3. The number of rotatable bonds is 5. The van der Waals surface area contributed by atoms with E-state index in [0.29, 0.717) is 17.4 Å². The van der Waals surface area contributed by atoms with Crippen LogP contribution in [0.4, 0.5) is 4.79 Å². The molecule has 3 amide bonds. The van der Waals surface area contributed by atoms with Gasteiger partial charge in [-0.25, -0.2) is 14.5 Å². The van der Waals surface area contributed by atoms with Crippen LogP contribution in [0, 0.1) is 0 Å². The molecule has 1 N–H and O–H groups in total. The van der Waals surface area contributed by atoms with E-state index in [1.54, 1.807) is 37.7 Å². The lowest BCUT2D eigenvalue weighted by atomic mass is 10.1. The summed E-state index contributed by atoms with van der Waals surface area (Å²) in [6.07, 6.45) is 1.72. The topological polar surface area (TPSA) is 105 Å². The van der Waals surface area contributed by atoms with Gasteiger partial charge in [-0.2, -0.15) is 0 Å². The van der Waals surface area contributed by atoms with Gasteiger partial charge >= 0.3 is 6.03 Å². The molecule has 1 aliphatic rings. The predicted octanol–water partition coefficient (Wildman–Crippen LogP) is 0.744. The van der Waals surface area contributed by atoms with Gasteiger partial charge in [0, 0.05) is 20.5 Å². The first-order valence-corrected chi connectivity index (χ1v) is 7.92. The van der Waals surface area contributed by atoms with E-state index in [0.717, 1.165) is 4.90 Å². The van der Waals surface area contributed by atoms with Crippen LogP contribution >= 0.6 is 0 Å². The van der Waals surface area contributed by atoms with Crippen molar-refractivity contribution in [3.05, 3.63) is 24.2 Å². The molecule has 0 radical (unpaired) electrons. The second kappa shape index (κ2) is 5.99.